The van der Waals surface area contributed by atoms with Crippen LogP contribution in [0.5, 0.6) is 0 Å². The number of halogens is 2. The number of carbonyl (C=O) groups is 2. The number of fused-ring (bicyclic) bond motifs is 1. The second-order valence-electron chi connectivity index (χ2n) is 5.74. The molecule has 1 amide bonds. The highest BCUT2D eigenvalue weighted by Crippen LogP contribution is 2.37. The summed E-state index contributed by atoms with van der Waals surface area (Å²) in [5.41, 5.74) is 1.68. The molecule has 0 N–H and O–H groups in total. The van der Waals surface area contributed by atoms with Gasteiger partial charge < -0.3 is 9.64 Å². The molecular weight excluding hydrogens is 387 g/mol. The van der Waals surface area contributed by atoms with Crippen LogP contribution in [0.3, 0.4) is 0 Å². The fourth-order valence-corrected chi connectivity index (χ4v) is 3.23. The zero-order valence-corrected chi connectivity index (χ0v) is 15.8. The van der Waals surface area contributed by atoms with E-state index in [2.05, 4.69) is 0 Å². The predicted molar refractivity (Wildman–Crippen MR) is 102 cm³/mol. The van der Waals surface area contributed by atoms with Gasteiger partial charge in [0.1, 0.15) is 6.07 Å². The molecule has 0 saturated heterocycles. The predicted octanol–water partition coefficient (Wildman–Crippen LogP) is 4.45. The summed E-state index contributed by atoms with van der Waals surface area (Å²) in [7, 11) is 0. The van der Waals surface area contributed by atoms with E-state index in [9.17, 15) is 14.9 Å². The number of benzene rings is 2. The van der Waals surface area contributed by atoms with Crippen molar-refractivity contribution in [1.29, 1.82) is 5.26 Å². The van der Waals surface area contributed by atoms with Gasteiger partial charge in [-0.2, -0.15) is 5.26 Å². The number of nitriles is 1. The molecule has 0 unspecified atom stereocenters. The second-order valence-corrected chi connectivity index (χ2v) is 6.56. The highest BCUT2D eigenvalue weighted by Gasteiger charge is 2.36. The molecule has 27 heavy (non-hydrogen) atoms. The average molecular weight is 401 g/mol. The van der Waals surface area contributed by atoms with Crippen molar-refractivity contribution < 1.29 is 14.3 Å². The minimum Gasteiger partial charge on any atom is -0.462 e. The molecule has 0 radical (unpaired) electrons. The van der Waals surface area contributed by atoms with E-state index < -0.39 is 5.97 Å². The van der Waals surface area contributed by atoms with Gasteiger partial charge >= 0.3 is 5.97 Å². The Balaban J connectivity index is 2.13. The van der Waals surface area contributed by atoms with Crippen LogP contribution in [0.4, 0.5) is 0 Å². The van der Waals surface area contributed by atoms with Crippen molar-refractivity contribution in [3.63, 3.8) is 0 Å². The highest BCUT2D eigenvalue weighted by atomic mass is 35.5. The maximum atomic E-state index is 12.9. The molecule has 1 heterocycles. The number of hydrogen-bond acceptors (Lipinski definition) is 4. The molecular formula is C20H14Cl2N2O3. The molecule has 136 valence electrons. The van der Waals surface area contributed by atoms with Crippen molar-refractivity contribution in [3.05, 3.63) is 74.8 Å². The lowest BCUT2D eigenvalue weighted by molar-refractivity contribution is -0.137. The fraction of sp³-hybridized carbons (Fsp3) is 0.150. The zero-order valence-electron chi connectivity index (χ0n) is 14.3. The van der Waals surface area contributed by atoms with Crippen molar-refractivity contribution in [2.45, 2.75) is 13.5 Å². The van der Waals surface area contributed by atoms with Crippen LogP contribution in [0.25, 0.3) is 5.70 Å². The monoisotopic (exact) mass is 400 g/mol. The summed E-state index contributed by atoms with van der Waals surface area (Å²) >= 11 is 12.0. The van der Waals surface area contributed by atoms with Crippen LogP contribution >= 0.6 is 23.2 Å². The summed E-state index contributed by atoms with van der Waals surface area (Å²) in [5, 5.41) is 10.3. The third kappa shape index (κ3) is 3.55. The van der Waals surface area contributed by atoms with Gasteiger partial charge in [-0.05, 0) is 30.7 Å². The molecule has 0 bridgehead atoms. The Morgan fingerprint density at radius 3 is 2.48 bits per heavy atom. The van der Waals surface area contributed by atoms with E-state index in [0.717, 1.165) is 0 Å². The third-order valence-electron chi connectivity index (χ3n) is 4.08. The number of esters is 1. The smallest absolute Gasteiger partial charge is 0.351 e. The van der Waals surface area contributed by atoms with Gasteiger partial charge in [-0.25, -0.2) is 4.79 Å². The van der Waals surface area contributed by atoms with E-state index in [1.807, 2.05) is 6.07 Å². The van der Waals surface area contributed by atoms with E-state index in [0.29, 0.717) is 26.7 Å². The van der Waals surface area contributed by atoms with Crippen LogP contribution in [-0.4, -0.2) is 23.4 Å². The van der Waals surface area contributed by atoms with E-state index in [-0.39, 0.29) is 30.3 Å². The van der Waals surface area contributed by atoms with Gasteiger partial charge in [0.05, 0.1) is 28.9 Å². The second kappa shape index (κ2) is 7.83. The number of rotatable bonds is 4. The molecule has 0 spiro atoms. The molecule has 0 fully saturated rings. The van der Waals surface area contributed by atoms with Gasteiger partial charge in [0.15, 0.2) is 5.57 Å². The Kier molecular flexibility index (Phi) is 5.50. The summed E-state index contributed by atoms with van der Waals surface area (Å²) < 4.78 is 5.00. The maximum Gasteiger partial charge on any atom is 0.351 e. The van der Waals surface area contributed by atoms with Crippen molar-refractivity contribution in [3.8, 4) is 6.07 Å². The number of amides is 1. The van der Waals surface area contributed by atoms with Gasteiger partial charge in [-0.1, -0.05) is 47.5 Å². The van der Waals surface area contributed by atoms with Crippen LogP contribution in [0.15, 0.2) is 48.0 Å². The van der Waals surface area contributed by atoms with Gasteiger partial charge in [0.25, 0.3) is 5.91 Å². The normalized spacial score (nSPS) is 14.6. The van der Waals surface area contributed by atoms with Crippen LogP contribution < -0.4 is 0 Å². The number of carbonyl (C=O) groups excluding carboxylic acids is 2. The van der Waals surface area contributed by atoms with Crippen molar-refractivity contribution in [2.24, 2.45) is 0 Å². The Morgan fingerprint density at radius 1 is 1.15 bits per heavy atom. The molecule has 5 nitrogen and oxygen atoms in total. The van der Waals surface area contributed by atoms with Crippen molar-refractivity contribution >= 4 is 40.8 Å². The molecule has 7 heteroatoms. The lowest BCUT2D eigenvalue weighted by Gasteiger charge is -2.20. The molecule has 0 aromatic heterocycles. The summed E-state index contributed by atoms with van der Waals surface area (Å²) in [6.07, 6.45) is 0. The van der Waals surface area contributed by atoms with E-state index >= 15 is 0 Å². The largest absolute Gasteiger partial charge is 0.462 e. The minimum atomic E-state index is -0.765. The topological polar surface area (TPSA) is 70.4 Å². The molecule has 0 atom stereocenters. The van der Waals surface area contributed by atoms with Crippen LogP contribution in [0.1, 0.15) is 28.4 Å². The average Bonchev–Trinajstić information content (AvgIpc) is 2.92. The first kappa shape index (κ1) is 19.0. The highest BCUT2D eigenvalue weighted by molar-refractivity contribution is 6.42. The molecule has 1 aliphatic heterocycles. The third-order valence-corrected chi connectivity index (χ3v) is 4.82. The summed E-state index contributed by atoms with van der Waals surface area (Å²) in [4.78, 5) is 26.6. The minimum absolute atomic E-state index is 0.125. The van der Waals surface area contributed by atoms with Gasteiger partial charge in [0.2, 0.25) is 0 Å². The quantitative estimate of drug-likeness (QED) is 0.431. The van der Waals surface area contributed by atoms with Crippen LogP contribution in [0.2, 0.25) is 10.0 Å². The zero-order chi connectivity index (χ0) is 19.6. The van der Waals surface area contributed by atoms with Gasteiger partial charge in [-0.3, -0.25) is 4.79 Å². The van der Waals surface area contributed by atoms with Gasteiger partial charge in [-0.15, -0.1) is 0 Å². The summed E-state index contributed by atoms with van der Waals surface area (Å²) in [5.74, 6) is -1.07. The van der Waals surface area contributed by atoms with E-state index in [1.165, 1.54) is 4.90 Å². The summed E-state index contributed by atoms with van der Waals surface area (Å²) in [6.45, 7) is 1.91. The number of ether oxygens (including phenoxy) is 1. The Morgan fingerprint density at radius 2 is 1.85 bits per heavy atom. The van der Waals surface area contributed by atoms with Crippen LogP contribution in [0, 0.1) is 11.3 Å². The van der Waals surface area contributed by atoms with Crippen molar-refractivity contribution in [1.82, 2.24) is 4.90 Å². The fourth-order valence-electron chi connectivity index (χ4n) is 2.91. The van der Waals surface area contributed by atoms with Crippen molar-refractivity contribution in [2.75, 3.05) is 6.61 Å². The number of nitrogens with zero attached hydrogens (tertiary/aromatic N) is 2. The van der Waals surface area contributed by atoms with Gasteiger partial charge in [0, 0.05) is 11.1 Å². The molecule has 0 saturated carbocycles. The Labute approximate surface area is 166 Å². The van der Waals surface area contributed by atoms with E-state index in [4.69, 9.17) is 27.9 Å². The summed E-state index contributed by atoms with van der Waals surface area (Å²) in [6, 6.07) is 13.7. The first-order chi connectivity index (χ1) is 13.0. The molecule has 0 aliphatic carbocycles. The standard InChI is InChI=1S/C20H14Cl2N2O3/c1-2-27-20(26)15(10-23)18-13-5-3-4-6-14(13)19(25)24(18)11-12-7-8-16(21)17(22)9-12/h3-9H,2,11H2,1H3/b18-15-. The number of hydrogen-bond donors (Lipinski definition) is 0. The maximum absolute atomic E-state index is 12.9. The lowest BCUT2D eigenvalue weighted by atomic mass is 10.0. The van der Waals surface area contributed by atoms with Crippen LogP contribution in [-0.2, 0) is 16.1 Å². The Bertz CT molecular complexity index is 1010. The first-order valence-corrected chi connectivity index (χ1v) is 8.90. The SMILES string of the molecule is CCOC(=O)/C(C#N)=C1/c2ccccc2C(=O)N1Cc1ccc(Cl)c(Cl)c1. The molecule has 2 aromatic carbocycles. The first-order valence-electron chi connectivity index (χ1n) is 8.14. The Hall–Kier alpha value is -2.81. The molecule has 3 rings (SSSR count). The molecule has 1 aliphatic rings. The molecule has 2 aromatic rings. The van der Waals surface area contributed by atoms with E-state index in [1.54, 1.807) is 49.4 Å². The lowest BCUT2D eigenvalue weighted by Crippen LogP contribution is -2.25.